The van der Waals surface area contributed by atoms with Crippen molar-refractivity contribution < 1.29 is 19.8 Å². The molecule has 0 heterocycles. The third kappa shape index (κ3) is 6.33. The first kappa shape index (κ1) is 41.3. The number of para-hydroxylation sites is 1. The van der Waals surface area contributed by atoms with Gasteiger partial charge in [0.2, 0.25) is 0 Å². The van der Waals surface area contributed by atoms with E-state index in [1.54, 1.807) is 30.3 Å². The fourth-order valence-corrected chi connectivity index (χ4v) is 11.6. The molecule has 0 aromatic heterocycles. The van der Waals surface area contributed by atoms with Crippen LogP contribution in [-0.2, 0) is 0 Å². The van der Waals surface area contributed by atoms with Gasteiger partial charge in [-0.15, -0.1) is 0 Å². The number of carbonyl (C=O) groups excluding carboxylic acids is 2. The maximum absolute atomic E-state index is 14.6. The van der Waals surface area contributed by atoms with E-state index in [1.807, 2.05) is 60.7 Å². The van der Waals surface area contributed by atoms with Gasteiger partial charge >= 0.3 is 0 Å². The van der Waals surface area contributed by atoms with Gasteiger partial charge in [-0.1, -0.05) is 188 Å². The number of fused-ring (bicyclic) bond motifs is 1. The van der Waals surface area contributed by atoms with E-state index in [1.165, 1.54) is 43.4 Å². The lowest BCUT2D eigenvalue weighted by molar-refractivity contribution is 0.102. The number of rotatable bonds is 8. The van der Waals surface area contributed by atoms with Crippen molar-refractivity contribution in [2.24, 2.45) is 0 Å². The standard InChI is InChI=1S/C68H40O4/c69-61-17-4-3-15-59(61)68(72)58-32-25-41-19-18-40-20-27-50(55-33-34-57(58)66(41)63(40)55)46-12-5-10-44(36-46)45-11-6-13-48(37-45)67(71)60-38-47(26-35-62(60)70)51-28-21-42-24-31-56-53(29-22-43-23-30-54(51)64(42)65(43)56)52-16-7-9-39-8-1-2-14-49(39)52/h1-38,69-70H. The third-order valence-corrected chi connectivity index (χ3v) is 15.0. The lowest BCUT2D eigenvalue weighted by Crippen LogP contribution is -2.03. The predicted octanol–water partition coefficient (Wildman–Crippen LogP) is 17.2. The van der Waals surface area contributed by atoms with Gasteiger partial charge in [0.1, 0.15) is 11.5 Å². The SMILES string of the molecule is O=C(c1cccc(-c2cccc(-c3ccc4ccc5ccc(C(=O)c6ccccc6O)c6ccc3c4c56)c2)c1)c1cc(-c2ccc3ccc4c(-c5cccc6ccccc56)ccc5ccc2c3c54)ccc1O. The molecule has 14 aromatic rings. The highest BCUT2D eigenvalue weighted by Gasteiger charge is 2.22. The van der Waals surface area contributed by atoms with E-state index in [0.29, 0.717) is 11.1 Å². The number of hydrogen-bond donors (Lipinski definition) is 2. The molecular weight excluding hydrogens is 881 g/mol. The Balaban J connectivity index is 0.819. The first-order valence-electron chi connectivity index (χ1n) is 24.2. The van der Waals surface area contributed by atoms with E-state index < -0.39 is 0 Å². The number of hydrogen-bond acceptors (Lipinski definition) is 4. The second kappa shape index (κ2) is 16.0. The van der Waals surface area contributed by atoms with Gasteiger partial charge in [-0.3, -0.25) is 9.59 Å². The van der Waals surface area contributed by atoms with E-state index in [2.05, 4.69) is 140 Å². The van der Waals surface area contributed by atoms with Gasteiger partial charge < -0.3 is 10.2 Å². The molecule has 0 fully saturated rings. The zero-order valence-corrected chi connectivity index (χ0v) is 38.7. The van der Waals surface area contributed by atoms with Crippen LogP contribution in [0.1, 0.15) is 31.8 Å². The van der Waals surface area contributed by atoms with Gasteiger partial charge in [0.25, 0.3) is 0 Å². The van der Waals surface area contributed by atoms with Gasteiger partial charge in [0, 0.05) is 11.1 Å². The molecule has 0 radical (unpaired) electrons. The van der Waals surface area contributed by atoms with Crippen molar-refractivity contribution in [1.82, 2.24) is 0 Å². The van der Waals surface area contributed by atoms with Crippen molar-refractivity contribution in [3.05, 3.63) is 253 Å². The molecule has 0 bridgehead atoms. The van der Waals surface area contributed by atoms with Crippen LogP contribution < -0.4 is 0 Å². The van der Waals surface area contributed by atoms with Crippen LogP contribution in [0.3, 0.4) is 0 Å². The zero-order valence-electron chi connectivity index (χ0n) is 38.7. The lowest BCUT2D eigenvalue weighted by Gasteiger charge is -2.17. The Kier molecular flexibility index (Phi) is 9.16. The maximum Gasteiger partial charge on any atom is 0.197 e. The molecule has 72 heavy (non-hydrogen) atoms. The molecule has 336 valence electrons. The van der Waals surface area contributed by atoms with Crippen molar-refractivity contribution in [3.63, 3.8) is 0 Å². The van der Waals surface area contributed by atoms with E-state index in [9.17, 15) is 19.8 Å². The summed E-state index contributed by atoms with van der Waals surface area (Å²) in [5.74, 6) is -0.603. The molecule has 0 atom stereocenters. The molecule has 0 aliphatic heterocycles. The van der Waals surface area contributed by atoms with Gasteiger partial charge in [-0.25, -0.2) is 0 Å². The number of phenols is 2. The Morgan fingerprint density at radius 2 is 0.750 bits per heavy atom. The highest BCUT2D eigenvalue weighted by Crippen LogP contribution is 2.45. The smallest absolute Gasteiger partial charge is 0.197 e. The summed E-state index contributed by atoms with van der Waals surface area (Å²) in [5, 5.41) is 37.4. The highest BCUT2D eigenvalue weighted by atomic mass is 16.3. The first-order valence-corrected chi connectivity index (χ1v) is 24.2. The van der Waals surface area contributed by atoms with Crippen LogP contribution >= 0.6 is 0 Å². The molecule has 0 aliphatic carbocycles. The molecule has 14 aromatic carbocycles. The normalized spacial score (nSPS) is 11.8. The summed E-state index contributed by atoms with van der Waals surface area (Å²) in [5.41, 5.74) is 9.61. The van der Waals surface area contributed by atoms with Crippen LogP contribution in [0.25, 0.3) is 120 Å². The molecule has 4 heteroatoms. The Morgan fingerprint density at radius 1 is 0.264 bits per heavy atom. The fourth-order valence-electron chi connectivity index (χ4n) is 11.6. The van der Waals surface area contributed by atoms with E-state index in [4.69, 9.17) is 0 Å². The van der Waals surface area contributed by atoms with E-state index in [0.717, 1.165) is 76.5 Å². The number of phenolic OH excluding ortho intramolecular Hbond substituents is 2. The minimum Gasteiger partial charge on any atom is -0.507 e. The number of benzene rings is 14. The molecule has 0 aliphatic rings. The minimum absolute atomic E-state index is 0.0407. The topological polar surface area (TPSA) is 74.6 Å². The second-order valence-corrected chi connectivity index (χ2v) is 18.9. The molecular formula is C68H40O4. The van der Waals surface area contributed by atoms with Crippen molar-refractivity contribution in [1.29, 1.82) is 0 Å². The molecule has 0 unspecified atom stereocenters. The monoisotopic (exact) mass is 920 g/mol. The number of aromatic hydroxyl groups is 2. The number of carbonyl (C=O) groups is 2. The van der Waals surface area contributed by atoms with Crippen molar-refractivity contribution in [2.75, 3.05) is 0 Å². The summed E-state index contributed by atoms with van der Waals surface area (Å²) in [6, 6.07) is 77.1. The van der Waals surface area contributed by atoms with Crippen LogP contribution in [-0.4, -0.2) is 21.8 Å². The summed E-state index contributed by atoms with van der Waals surface area (Å²) >= 11 is 0. The van der Waals surface area contributed by atoms with Crippen molar-refractivity contribution >= 4 is 87.0 Å². The first-order chi connectivity index (χ1) is 35.4. The van der Waals surface area contributed by atoms with Crippen LogP contribution in [0.5, 0.6) is 11.5 Å². The Morgan fingerprint density at radius 3 is 1.49 bits per heavy atom. The van der Waals surface area contributed by atoms with Crippen molar-refractivity contribution in [3.8, 4) is 56.0 Å². The Hall–Kier alpha value is -9.64. The van der Waals surface area contributed by atoms with Gasteiger partial charge in [-0.2, -0.15) is 0 Å². The second-order valence-electron chi connectivity index (χ2n) is 18.9. The summed E-state index contributed by atoms with van der Waals surface area (Å²) in [6.07, 6.45) is 0. The van der Waals surface area contributed by atoms with Crippen molar-refractivity contribution in [2.45, 2.75) is 0 Å². The molecule has 0 spiro atoms. The fraction of sp³-hybridized carbons (Fsp3) is 0. The molecule has 0 amide bonds. The predicted molar refractivity (Wildman–Crippen MR) is 296 cm³/mol. The molecule has 14 rings (SSSR count). The lowest BCUT2D eigenvalue weighted by atomic mass is 9.86. The van der Waals surface area contributed by atoms with E-state index in [-0.39, 0.29) is 34.2 Å². The highest BCUT2D eigenvalue weighted by molar-refractivity contribution is 6.31. The average Bonchev–Trinajstić information content (AvgIpc) is 3.43. The average molecular weight is 921 g/mol. The molecule has 2 N–H and O–H groups in total. The quantitative estimate of drug-likeness (QED) is 0.118. The largest absolute Gasteiger partial charge is 0.507 e. The van der Waals surface area contributed by atoms with Crippen LogP contribution in [0.15, 0.2) is 231 Å². The summed E-state index contributed by atoms with van der Waals surface area (Å²) in [4.78, 5) is 28.5. The summed E-state index contributed by atoms with van der Waals surface area (Å²) in [6.45, 7) is 0. The third-order valence-electron chi connectivity index (χ3n) is 15.0. The molecule has 0 saturated heterocycles. The van der Waals surface area contributed by atoms with Crippen LogP contribution in [0.2, 0.25) is 0 Å². The van der Waals surface area contributed by atoms with Crippen LogP contribution in [0, 0.1) is 0 Å². The Bertz CT molecular complexity index is 4580. The van der Waals surface area contributed by atoms with Gasteiger partial charge in [0.05, 0.1) is 11.1 Å². The van der Waals surface area contributed by atoms with Gasteiger partial charge in [0.15, 0.2) is 11.6 Å². The summed E-state index contributed by atoms with van der Waals surface area (Å²) < 4.78 is 0. The number of ketones is 2. The Labute approximate surface area is 413 Å². The van der Waals surface area contributed by atoms with Gasteiger partial charge in [-0.05, 0) is 162 Å². The molecule has 0 saturated carbocycles. The summed E-state index contributed by atoms with van der Waals surface area (Å²) in [7, 11) is 0. The van der Waals surface area contributed by atoms with E-state index >= 15 is 0 Å². The minimum atomic E-state index is -0.267. The zero-order chi connectivity index (χ0) is 48.2. The molecule has 4 nitrogen and oxygen atoms in total. The van der Waals surface area contributed by atoms with Crippen LogP contribution in [0.4, 0.5) is 0 Å². The maximum atomic E-state index is 14.6.